The highest BCUT2D eigenvalue weighted by Gasteiger charge is 2.06. The first-order valence-corrected chi connectivity index (χ1v) is 5.02. The Morgan fingerprint density at radius 1 is 0.929 bits per heavy atom. The van der Waals surface area contributed by atoms with E-state index < -0.39 is 0 Å². The lowest BCUT2D eigenvalue weighted by Crippen LogP contribution is -2.10. The maximum Gasteiger partial charge on any atom is 0.0552 e. The number of hydrogen-bond donors (Lipinski definition) is 2. The topological polar surface area (TPSA) is 40.5 Å². The van der Waals surface area contributed by atoms with Gasteiger partial charge in [0.2, 0.25) is 0 Å². The maximum absolute atomic E-state index is 9.30. The molecule has 0 spiro atoms. The van der Waals surface area contributed by atoms with Crippen LogP contribution >= 0.6 is 0 Å². The molecule has 0 aliphatic rings. The molecule has 1 aromatic carbocycles. The first-order chi connectivity index (χ1) is 6.59. The van der Waals surface area contributed by atoms with Crippen LogP contribution in [0.1, 0.15) is 25.0 Å². The van der Waals surface area contributed by atoms with Gasteiger partial charge in [-0.25, -0.2) is 0 Å². The van der Waals surface area contributed by atoms with Gasteiger partial charge in [-0.2, -0.15) is 0 Å². The van der Waals surface area contributed by atoms with Gasteiger partial charge in [0.25, 0.3) is 0 Å². The Bertz CT molecular complexity index is 250. The SMILES string of the molecule is CC(O)Cc1ccccc1CC(C)O. The van der Waals surface area contributed by atoms with Gasteiger partial charge in [-0.1, -0.05) is 24.3 Å². The molecule has 0 saturated heterocycles. The molecule has 2 heteroatoms. The summed E-state index contributed by atoms with van der Waals surface area (Å²) in [6.07, 6.45) is 0.654. The Morgan fingerprint density at radius 3 is 1.57 bits per heavy atom. The molecule has 0 bridgehead atoms. The van der Waals surface area contributed by atoms with E-state index in [9.17, 15) is 10.2 Å². The third-order valence-electron chi connectivity index (χ3n) is 2.15. The first kappa shape index (κ1) is 11.2. The lowest BCUT2D eigenvalue weighted by Gasteiger charge is -2.12. The van der Waals surface area contributed by atoms with Crippen LogP contribution in [0.5, 0.6) is 0 Å². The average molecular weight is 194 g/mol. The molecule has 78 valence electrons. The Hall–Kier alpha value is -0.860. The standard InChI is InChI=1S/C12H18O2/c1-9(13)7-11-5-3-4-6-12(11)8-10(2)14/h3-6,9-10,13-14H,7-8H2,1-2H3. The minimum absolute atomic E-state index is 0.329. The minimum atomic E-state index is -0.329. The van der Waals surface area contributed by atoms with E-state index >= 15 is 0 Å². The van der Waals surface area contributed by atoms with Crippen LogP contribution in [0.15, 0.2) is 24.3 Å². The highest BCUT2D eigenvalue weighted by molar-refractivity contribution is 5.28. The summed E-state index contributed by atoms with van der Waals surface area (Å²) in [7, 11) is 0. The number of rotatable bonds is 4. The van der Waals surface area contributed by atoms with Crippen molar-refractivity contribution < 1.29 is 10.2 Å². The molecular formula is C12H18O2. The lowest BCUT2D eigenvalue weighted by atomic mass is 9.98. The zero-order valence-electron chi connectivity index (χ0n) is 8.77. The van der Waals surface area contributed by atoms with E-state index in [2.05, 4.69) is 0 Å². The van der Waals surface area contributed by atoms with E-state index in [4.69, 9.17) is 0 Å². The van der Waals surface area contributed by atoms with Gasteiger partial charge in [0.1, 0.15) is 0 Å². The highest BCUT2D eigenvalue weighted by Crippen LogP contribution is 2.13. The van der Waals surface area contributed by atoms with Gasteiger partial charge in [0.15, 0.2) is 0 Å². The molecule has 0 aromatic heterocycles. The molecule has 0 fully saturated rings. The maximum atomic E-state index is 9.30. The Morgan fingerprint density at radius 2 is 1.29 bits per heavy atom. The van der Waals surface area contributed by atoms with E-state index in [0.717, 1.165) is 11.1 Å². The summed E-state index contributed by atoms with van der Waals surface area (Å²) in [6.45, 7) is 3.55. The van der Waals surface area contributed by atoms with Crippen LogP contribution < -0.4 is 0 Å². The van der Waals surface area contributed by atoms with E-state index in [1.54, 1.807) is 13.8 Å². The monoisotopic (exact) mass is 194 g/mol. The van der Waals surface area contributed by atoms with Crippen LogP contribution in [-0.2, 0) is 12.8 Å². The molecule has 0 heterocycles. The molecule has 14 heavy (non-hydrogen) atoms. The molecule has 0 aliphatic heterocycles. The Kier molecular flexibility index (Phi) is 4.11. The second-order valence-electron chi connectivity index (χ2n) is 3.88. The fourth-order valence-electron chi connectivity index (χ4n) is 1.59. The van der Waals surface area contributed by atoms with Gasteiger partial charge in [-0.3, -0.25) is 0 Å². The lowest BCUT2D eigenvalue weighted by molar-refractivity contribution is 0.188. The van der Waals surface area contributed by atoms with Crippen LogP contribution in [0.2, 0.25) is 0 Å². The summed E-state index contributed by atoms with van der Waals surface area (Å²) in [5.41, 5.74) is 2.26. The van der Waals surface area contributed by atoms with Gasteiger partial charge in [-0.05, 0) is 37.8 Å². The molecule has 0 radical (unpaired) electrons. The summed E-state index contributed by atoms with van der Waals surface area (Å²) in [5.74, 6) is 0. The molecule has 2 N–H and O–H groups in total. The molecule has 2 unspecified atom stereocenters. The Balaban J connectivity index is 2.80. The fourth-order valence-corrected chi connectivity index (χ4v) is 1.59. The summed E-state index contributed by atoms with van der Waals surface area (Å²) < 4.78 is 0. The van der Waals surface area contributed by atoms with E-state index in [1.165, 1.54) is 0 Å². The summed E-state index contributed by atoms with van der Waals surface area (Å²) in [5, 5.41) is 18.6. The summed E-state index contributed by atoms with van der Waals surface area (Å²) >= 11 is 0. The average Bonchev–Trinajstić information content (AvgIpc) is 2.06. The highest BCUT2D eigenvalue weighted by atomic mass is 16.3. The molecule has 0 aliphatic carbocycles. The van der Waals surface area contributed by atoms with Crippen molar-refractivity contribution in [2.24, 2.45) is 0 Å². The quantitative estimate of drug-likeness (QED) is 0.763. The zero-order chi connectivity index (χ0) is 10.6. The summed E-state index contributed by atoms with van der Waals surface area (Å²) in [4.78, 5) is 0. The van der Waals surface area contributed by atoms with Crippen LogP contribution in [0.4, 0.5) is 0 Å². The second-order valence-corrected chi connectivity index (χ2v) is 3.88. The Labute approximate surface area is 85.2 Å². The zero-order valence-corrected chi connectivity index (χ0v) is 8.77. The van der Waals surface area contributed by atoms with Crippen molar-refractivity contribution in [3.8, 4) is 0 Å². The van der Waals surface area contributed by atoms with Crippen molar-refractivity contribution in [1.82, 2.24) is 0 Å². The molecule has 1 aromatic rings. The van der Waals surface area contributed by atoms with Crippen LogP contribution in [0.25, 0.3) is 0 Å². The van der Waals surface area contributed by atoms with Gasteiger partial charge < -0.3 is 10.2 Å². The van der Waals surface area contributed by atoms with E-state index in [1.807, 2.05) is 24.3 Å². The smallest absolute Gasteiger partial charge is 0.0552 e. The van der Waals surface area contributed by atoms with Crippen LogP contribution in [0, 0.1) is 0 Å². The summed E-state index contributed by atoms with van der Waals surface area (Å²) in [6, 6.07) is 7.93. The molecule has 0 saturated carbocycles. The van der Waals surface area contributed by atoms with Crippen molar-refractivity contribution in [1.29, 1.82) is 0 Å². The third kappa shape index (κ3) is 3.48. The number of hydrogen-bond acceptors (Lipinski definition) is 2. The van der Waals surface area contributed by atoms with E-state index in [0.29, 0.717) is 12.8 Å². The van der Waals surface area contributed by atoms with Gasteiger partial charge in [0, 0.05) is 0 Å². The first-order valence-electron chi connectivity index (χ1n) is 5.02. The molecule has 1 rings (SSSR count). The van der Waals surface area contributed by atoms with E-state index in [-0.39, 0.29) is 12.2 Å². The number of aliphatic hydroxyl groups is 2. The molecular weight excluding hydrogens is 176 g/mol. The predicted octanol–water partition coefficient (Wildman–Crippen LogP) is 1.53. The molecule has 2 atom stereocenters. The van der Waals surface area contributed by atoms with Crippen molar-refractivity contribution in [2.45, 2.75) is 38.9 Å². The van der Waals surface area contributed by atoms with Gasteiger partial charge >= 0.3 is 0 Å². The minimum Gasteiger partial charge on any atom is -0.393 e. The van der Waals surface area contributed by atoms with Crippen molar-refractivity contribution in [3.05, 3.63) is 35.4 Å². The molecule has 0 amide bonds. The van der Waals surface area contributed by atoms with Gasteiger partial charge in [0.05, 0.1) is 12.2 Å². The van der Waals surface area contributed by atoms with Crippen LogP contribution in [0.3, 0.4) is 0 Å². The normalized spacial score (nSPS) is 15.1. The molecule has 2 nitrogen and oxygen atoms in total. The van der Waals surface area contributed by atoms with Crippen LogP contribution in [-0.4, -0.2) is 22.4 Å². The number of aliphatic hydroxyl groups excluding tert-OH is 2. The van der Waals surface area contributed by atoms with Crippen molar-refractivity contribution in [3.63, 3.8) is 0 Å². The number of benzene rings is 1. The van der Waals surface area contributed by atoms with Crippen molar-refractivity contribution >= 4 is 0 Å². The van der Waals surface area contributed by atoms with Crippen molar-refractivity contribution in [2.75, 3.05) is 0 Å². The van der Waals surface area contributed by atoms with Gasteiger partial charge in [-0.15, -0.1) is 0 Å². The largest absolute Gasteiger partial charge is 0.393 e. The second kappa shape index (κ2) is 5.13. The predicted molar refractivity (Wildman–Crippen MR) is 57.2 cm³/mol. The third-order valence-corrected chi connectivity index (χ3v) is 2.15. The fraction of sp³-hybridized carbons (Fsp3) is 0.500.